The summed E-state index contributed by atoms with van der Waals surface area (Å²) in [5.74, 6) is -0.819. The minimum absolute atomic E-state index is 0.0426. The number of aliphatic carboxylic acids is 1. The number of rotatable bonds is 3. The van der Waals surface area contributed by atoms with Gasteiger partial charge < -0.3 is 5.11 Å². The molecule has 1 aliphatic heterocycles. The highest BCUT2D eigenvalue weighted by molar-refractivity contribution is 5.72. The lowest BCUT2D eigenvalue weighted by atomic mass is 9.99. The van der Waals surface area contributed by atoms with Gasteiger partial charge in [-0.25, -0.2) is 0 Å². The number of benzene rings is 1. The largest absolute Gasteiger partial charge is 0.480 e. The first-order valence-electron chi connectivity index (χ1n) is 5.46. The van der Waals surface area contributed by atoms with Crippen LogP contribution in [-0.4, -0.2) is 23.3 Å². The fraction of sp³-hybridized carbons (Fsp3) is 0.417. The molecule has 0 aliphatic carbocycles. The lowest BCUT2D eigenvalue weighted by molar-refractivity contribution is -0.139. The first-order chi connectivity index (χ1) is 7.66. The van der Waals surface area contributed by atoms with Crippen molar-refractivity contribution in [3.8, 4) is 0 Å². The molecule has 0 saturated heterocycles. The number of hydrogen-bond acceptors (Lipinski definition) is 3. The normalized spacial score (nSPS) is 21.2. The van der Waals surface area contributed by atoms with E-state index in [1.54, 1.807) is 6.92 Å². The molecular weight excluding hydrogens is 204 g/mol. The molecule has 1 aromatic rings. The highest BCUT2D eigenvalue weighted by atomic mass is 16.4. The van der Waals surface area contributed by atoms with Gasteiger partial charge in [0.05, 0.1) is 6.17 Å². The molecule has 1 aromatic carbocycles. The molecule has 4 heteroatoms. The Balaban J connectivity index is 2.00. The Morgan fingerprint density at radius 1 is 1.50 bits per heavy atom. The molecule has 86 valence electrons. The maximum absolute atomic E-state index is 10.7. The van der Waals surface area contributed by atoms with Gasteiger partial charge in [-0.2, -0.15) is 0 Å². The van der Waals surface area contributed by atoms with E-state index in [2.05, 4.69) is 22.8 Å². The molecule has 0 fully saturated rings. The van der Waals surface area contributed by atoms with Crippen LogP contribution in [0.2, 0.25) is 0 Å². The van der Waals surface area contributed by atoms with Crippen LogP contribution < -0.4 is 10.6 Å². The van der Waals surface area contributed by atoms with Gasteiger partial charge in [0.15, 0.2) is 0 Å². The van der Waals surface area contributed by atoms with Crippen molar-refractivity contribution in [2.24, 2.45) is 0 Å². The van der Waals surface area contributed by atoms with Crippen molar-refractivity contribution in [2.45, 2.75) is 32.1 Å². The van der Waals surface area contributed by atoms with Crippen LogP contribution in [0.5, 0.6) is 0 Å². The summed E-state index contributed by atoms with van der Waals surface area (Å²) in [6.45, 7) is 2.45. The lowest BCUT2D eigenvalue weighted by Crippen LogP contribution is -2.51. The van der Waals surface area contributed by atoms with E-state index >= 15 is 0 Å². The second kappa shape index (κ2) is 4.63. The summed E-state index contributed by atoms with van der Waals surface area (Å²) in [6, 6.07) is 7.70. The predicted molar refractivity (Wildman–Crippen MR) is 61.0 cm³/mol. The fourth-order valence-corrected chi connectivity index (χ4v) is 1.95. The van der Waals surface area contributed by atoms with Crippen molar-refractivity contribution >= 4 is 5.97 Å². The highest BCUT2D eigenvalue weighted by Crippen LogP contribution is 2.15. The molecule has 0 saturated carbocycles. The third-order valence-corrected chi connectivity index (χ3v) is 2.90. The third kappa shape index (κ3) is 2.40. The molecule has 16 heavy (non-hydrogen) atoms. The molecule has 1 heterocycles. The number of carbonyl (C=O) groups is 1. The van der Waals surface area contributed by atoms with Crippen molar-refractivity contribution in [1.29, 1.82) is 0 Å². The van der Waals surface area contributed by atoms with Gasteiger partial charge in [0.1, 0.15) is 6.04 Å². The zero-order valence-corrected chi connectivity index (χ0v) is 9.23. The van der Waals surface area contributed by atoms with Crippen molar-refractivity contribution < 1.29 is 9.90 Å². The van der Waals surface area contributed by atoms with Gasteiger partial charge in [0.2, 0.25) is 0 Å². The van der Waals surface area contributed by atoms with Gasteiger partial charge in [-0.3, -0.25) is 15.4 Å². The van der Waals surface area contributed by atoms with E-state index in [0.29, 0.717) is 0 Å². The second-order valence-corrected chi connectivity index (χ2v) is 4.13. The van der Waals surface area contributed by atoms with Crippen LogP contribution in [0.25, 0.3) is 0 Å². The Hall–Kier alpha value is -1.39. The summed E-state index contributed by atoms with van der Waals surface area (Å²) in [7, 11) is 0. The molecule has 0 spiro atoms. The molecule has 0 radical (unpaired) electrons. The molecule has 2 atom stereocenters. The minimum Gasteiger partial charge on any atom is -0.480 e. The van der Waals surface area contributed by atoms with E-state index in [4.69, 9.17) is 5.11 Å². The maximum atomic E-state index is 10.7. The standard InChI is InChI=1S/C12H16N2O2/c1-8(12(15)16)14-11-6-9-4-2-3-5-10(9)7-13-11/h2-5,8,11,13-14H,6-7H2,1H3,(H,15,16). The third-order valence-electron chi connectivity index (χ3n) is 2.90. The van der Waals surface area contributed by atoms with Gasteiger partial charge in [0.25, 0.3) is 0 Å². The van der Waals surface area contributed by atoms with Crippen molar-refractivity contribution in [3.05, 3.63) is 35.4 Å². The Bertz CT molecular complexity index is 392. The molecule has 0 bridgehead atoms. The highest BCUT2D eigenvalue weighted by Gasteiger charge is 2.21. The summed E-state index contributed by atoms with van der Waals surface area (Å²) >= 11 is 0. The monoisotopic (exact) mass is 220 g/mol. The van der Waals surface area contributed by atoms with Gasteiger partial charge in [-0.05, 0) is 18.1 Å². The van der Waals surface area contributed by atoms with Crippen LogP contribution in [0, 0.1) is 0 Å². The quantitative estimate of drug-likeness (QED) is 0.702. The van der Waals surface area contributed by atoms with E-state index in [0.717, 1.165) is 13.0 Å². The first-order valence-corrected chi connectivity index (χ1v) is 5.46. The molecule has 0 amide bonds. The number of hydrogen-bond donors (Lipinski definition) is 3. The van der Waals surface area contributed by atoms with Crippen molar-refractivity contribution in [3.63, 3.8) is 0 Å². The summed E-state index contributed by atoms with van der Waals surface area (Å²) in [5, 5.41) is 15.2. The van der Waals surface area contributed by atoms with Crippen LogP contribution in [0.4, 0.5) is 0 Å². The molecule has 2 rings (SSSR count). The molecule has 0 aromatic heterocycles. The SMILES string of the molecule is CC(NC1Cc2ccccc2CN1)C(=O)O. The van der Waals surface area contributed by atoms with Crippen molar-refractivity contribution in [2.75, 3.05) is 0 Å². The molecule has 4 nitrogen and oxygen atoms in total. The molecule has 3 N–H and O–H groups in total. The number of nitrogens with one attached hydrogen (secondary N) is 2. The average Bonchev–Trinajstić information content (AvgIpc) is 2.28. The smallest absolute Gasteiger partial charge is 0.320 e. The van der Waals surface area contributed by atoms with Gasteiger partial charge >= 0.3 is 5.97 Å². The van der Waals surface area contributed by atoms with E-state index in [-0.39, 0.29) is 6.17 Å². The lowest BCUT2D eigenvalue weighted by Gasteiger charge is -2.28. The van der Waals surface area contributed by atoms with Crippen LogP contribution in [0.3, 0.4) is 0 Å². The topological polar surface area (TPSA) is 61.4 Å². The number of carboxylic acid groups (broad SMARTS) is 1. The predicted octanol–water partition coefficient (Wildman–Crippen LogP) is 0.721. The Morgan fingerprint density at radius 3 is 2.88 bits per heavy atom. The van der Waals surface area contributed by atoms with Gasteiger partial charge in [-0.15, -0.1) is 0 Å². The van der Waals surface area contributed by atoms with E-state index in [1.165, 1.54) is 11.1 Å². The van der Waals surface area contributed by atoms with E-state index < -0.39 is 12.0 Å². The van der Waals surface area contributed by atoms with E-state index in [9.17, 15) is 4.79 Å². The zero-order chi connectivity index (χ0) is 11.5. The van der Waals surface area contributed by atoms with Gasteiger partial charge in [0, 0.05) is 13.0 Å². The van der Waals surface area contributed by atoms with Crippen LogP contribution >= 0.6 is 0 Å². The molecule has 2 unspecified atom stereocenters. The van der Waals surface area contributed by atoms with Crippen LogP contribution in [0.1, 0.15) is 18.1 Å². The average molecular weight is 220 g/mol. The van der Waals surface area contributed by atoms with Gasteiger partial charge in [-0.1, -0.05) is 24.3 Å². The number of fused-ring (bicyclic) bond motifs is 1. The summed E-state index contributed by atoms with van der Waals surface area (Å²) in [5.41, 5.74) is 2.58. The Morgan fingerprint density at radius 2 is 2.19 bits per heavy atom. The summed E-state index contributed by atoms with van der Waals surface area (Å²) in [6.07, 6.45) is 0.870. The Labute approximate surface area is 94.7 Å². The Kier molecular flexibility index (Phi) is 3.22. The minimum atomic E-state index is -0.819. The fourth-order valence-electron chi connectivity index (χ4n) is 1.95. The molecular formula is C12H16N2O2. The summed E-state index contributed by atoms with van der Waals surface area (Å²) < 4.78 is 0. The second-order valence-electron chi connectivity index (χ2n) is 4.13. The maximum Gasteiger partial charge on any atom is 0.320 e. The summed E-state index contributed by atoms with van der Waals surface area (Å²) in [4.78, 5) is 10.7. The van der Waals surface area contributed by atoms with Crippen molar-refractivity contribution in [1.82, 2.24) is 10.6 Å². The first kappa shape index (κ1) is 11.1. The van der Waals surface area contributed by atoms with E-state index in [1.807, 2.05) is 12.1 Å². The van der Waals surface area contributed by atoms with Crippen LogP contribution in [-0.2, 0) is 17.8 Å². The number of carboxylic acids is 1. The van der Waals surface area contributed by atoms with Crippen LogP contribution in [0.15, 0.2) is 24.3 Å². The zero-order valence-electron chi connectivity index (χ0n) is 9.23. The molecule has 1 aliphatic rings.